The van der Waals surface area contributed by atoms with E-state index in [0.717, 1.165) is 9.26 Å². The van der Waals surface area contributed by atoms with Crippen LogP contribution in [0.3, 0.4) is 0 Å². The normalized spacial score (nSPS) is 10.4. The third-order valence-corrected chi connectivity index (χ3v) is 2.70. The number of nitrogens with zero attached hydrogens (tertiary/aromatic N) is 2. The summed E-state index contributed by atoms with van der Waals surface area (Å²) in [6.45, 7) is 0. The summed E-state index contributed by atoms with van der Waals surface area (Å²) in [6, 6.07) is 4.53. The highest BCUT2D eigenvalue weighted by Gasteiger charge is 2.05. The van der Waals surface area contributed by atoms with Crippen LogP contribution in [0.2, 0.25) is 0 Å². The first-order valence-corrected chi connectivity index (χ1v) is 5.00. The molecule has 0 bridgehead atoms. The molecule has 1 aromatic heterocycles. The topological polar surface area (TPSA) is 43.8 Å². The molecule has 0 saturated carbocycles. The number of hydrogen-bond donors (Lipinski definition) is 1. The maximum Gasteiger partial charge on any atom is 0.204 e. The predicted molar refractivity (Wildman–Crippen MR) is 60.7 cm³/mol. The first-order chi connectivity index (χ1) is 6.68. The van der Waals surface area contributed by atoms with E-state index in [4.69, 9.17) is 5.73 Å². The van der Waals surface area contributed by atoms with Crippen LogP contribution < -0.4 is 5.73 Å². The van der Waals surface area contributed by atoms with Crippen LogP contribution in [0.5, 0.6) is 0 Å². The Morgan fingerprint density at radius 3 is 2.79 bits per heavy atom. The van der Waals surface area contributed by atoms with Crippen molar-refractivity contribution in [1.82, 2.24) is 9.55 Å². The van der Waals surface area contributed by atoms with Gasteiger partial charge in [0.25, 0.3) is 0 Å². The molecule has 0 aliphatic rings. The summed E-state index contributed by atoms with van der Waals surface area (Å²) >= 11 is 2.06. The second-order valence-corrected chi connectivity index (χ2v) is 3.91. The van der Waals surface area contributed by atoms with Gasteiger partial charge < -0.3 is 5.73 Å². The molecular weight excluding hydrogens is 296 g/mol. The van der Waals surface area contributed by atoms with E-state index in [1.165, 1.54) is 12.1 Å². The number of nitrogen functional groups attached to an aromatic ring is 1. The fraction of sp³-hybridized carbons (Fsp3) is 0. The Kier molecular flexibility index (Phi) is 2.40. The van der Waals surface area contributed by atoms with E-state index in [9.17, 15) is 4.39 Å². The zero-order chi connectivity index (χ0) is 10.1. The molecule has 0 unspecified atom stereocenters. The van der Waals surface area contributed by atoms with Crippen molar-refractivity contribution in [2.45, 2.75) is 0 Å². The Balaban J connectivity index is 2.58. The van der Waals surface area contributed by atoms with E-state index in [1.54, 1.807) is 23.0 Å². The van der Waals surface area contributed by atoms with Gasteiger partial charge in [0.15, 0.2) is 0 Å². The molecule has 2 N–H and O–H groups in total. The van der Waals surface area contributed by atoms with E-state index < -0.39 is 0 Å². The SMILES string of the molecule is Nc1nccn1-c1ccc(F)cc1I. The second-order valence-electron chi connectivity index (χ2n) is 2.75. The minimum atomic E-state index is -0.253. The maximum atomic E-state index is 12.8. The van der Waals surface area contributed by atoms with Crippen molar-refractivity contribution in [3.8, 4) is 5.69 Å². The number of aromatic nitrogens is 2. The largest absolute Gasteiger partial charge is 0.369 e. The van der Waals surface area contributed by atoms with Crippen molar-refractivity contribution < 1.29 is 4.39 Å². The fourth-order valence-corrected chi connectivity index (χ4v) is 1.93. The molecule has 0 saturated heterocycles. The van der Waals surface area contributed by atoms with Crippen LogP contribution in [0.1, 0.15) is 0 Å². The average Bonchev–Trinajstić information content (AvgIpc) is 2.52. The van der Waals surface area contributed by atoms with Crippen molar-refractivity contribution in [2.24, 2.45) is 0 Å². The van der Waals surface area contributed by atoms with E-state index in [1.807, 2.05) is 0 Å². The Morgan fingerprint density at radius 2 is 2.21 bits per heavy atom. The highest BCUT2D eigenvalue weighted by Crippen LogP contribution is 2.20. The van der Waals surface area contributed by atoms with Crippen LogP contribution in [-0.4, -0.2) is 9.55 Å². The first kappa shape index (κ1) is 9.45. The van der Waals surface area contributed by atoms with E-state index in [2.05, 4.69) is 27.6 Å². The lowest BCUT2D eigenvalue weighted by Crippen LogP contribution is -2.01. The molecule has 72 valence electrons. The van der Waals surface area contributed by atoms with Gasteiger partial charge in [-0.25, -0.2) is 9.37 Å². The van der Waals surface area contributed by atoms with Gasteiger partial charge in [0.2, 0.25) is 5.95 Å². The van der Waals surface area contributed by atoms with Crippen LogP contribution in [0.25, 0.3) is 5.69 Å². The molecule has 1 heterocycles. The van der Waals surface area contributed by atoms with Crippen LogP contribution >= 0.6 is 22.6 Å². The van der Waals surface area contributed by atoms with Crippen molar-refractivity contribution in [3.63, 3.8) is 0 Å². The van der Waals surface area contributed by atoms with Gasteiger partial charge in [0.1, 0.15) is 5.82 Å². The van der Waals surface area contributed by atoms with Gasteiger partial charge in [-0.1, -0.05) is 0 Å². The number of rotatable bonds is 1. The van der Waals surface area contributed by atoms with Crippen molar-refractivity contribution in [3.05, 3.63) is 40.0 Å². The monoisotopic (exact) mass is 303 g/mol. The van der Waals surface area contributed by atoms with Crippen LogP contribution in [0.15, 0.2) is 30.6 Å². The third-order valence-electron chi connectivity index (χ3n) is 1.84. The lowest BCUT2D eigenvalue weighted by Gasteiger charge is -2.06. The summed E-state index contributed by atoms with van der Waals surface area (Å²) in [6.07, 6.45) is 3.35. The average molecular weight is 303 g/mol. The second kappa shape index (κ2) is 3.56. The zero-order valence-corrected chi connectivity index (χ0v) is 9.27. The number of nitrogens with two attached hydrogens (primary N) is 1. The fourth-order valence-electron chi connectivity index (χ4n) is 1.20. The van der Waals surface area contributed by atoms with Gasteiger partial charge >= 0.3 is 0 Å². The Labute approximate surface area is 93.9 Å². The minimum absolute atomic E-state index is 0.253. The molecular formula is C9H7FIN3. The standard InChI is InChI=1S/C9H7FIN3/c10-6-1-2-8(7(11)5-6)14-4-3-13-9(14)12/h1-5H,(H2,12,13). The summed E-state index contributed by atoms with van der Waals surface area (Å²) in [5, 5.41) is 0. The molecule has 0 aliphatic carbocycles. The summed E-state index contributed by atoms with van der Waals surface area (Å²) in [4.78, 5) is 3.90. The van der Waals surface area contributed by atoms with Crippen molar-refractivity contribution >= 4 is 28.5 Å². The van der Waals surface area contributed by atoms with Crippen LogP contribution in [0, 0.1) is 9.39 Å². The first-order valence-electron chi connectivity index (χ1n) is 3.93. The van der Waals surface area contributed by atoms with Gasteiger partial charge in [0, 0.05) is 16.0 Å². The molecule has 2 rings (SSSR count). The van der Waals surface area contributed by atoms with E-state index >= 15 is 0 Å². The molecule has 0 radical (unpaired) electrons. The molecule has 0 aliphatic heterocycles. The van der Waals surface area contributed by atoms with E-state index in [-0.39, 0.29) is 5.82 Å². The molecule has 0 amide bonds. The van der Waals surface area contributed by atoms with Gasteiger partial charge in [-0.15, -0.1) is 0 Å². The van der Waals surface area contributed by atoms with E-state index in [0.29, 0.717) is 5.95 Å². The number of halogens is 2. The summed E-state index contributed by atoms with van der Waals surface area (Å²) in [5.74, 6) is 0.145. The molecule has 1 aromatic carbocycles. The lowest BCUT2D eigenvalue weighted by molar-refractivity contribution is 0.626. The lowest BCUT2D eigenvalue weighted by atomic mass is 10.3. The maximum absolute atomic E-state index is 12.8. The van der Waals surface area contributed by atoms with Crippen molar-refractivity contribution in [2.75, 3.05) is 5.73 Å². The summed E-state index contributed by atoms with van der Waals surface area (Å²) < 4.78 is 15.3. The summed E-state index contributed by atoms with van der Waals surface area (Å²) in [5.41, 5.74) is 6.47. The van der Waals surface area contributed by atoms with Gasteiger partial charge in [-0.3, -0.25) is 4.57 Å². The Morgan fingerprint density at radius 1 is 1.43 bits per heavy atom. The number of benzene rings is 1. The Bertz CT molecular complexity index is 467. The number of imidazole rings is 1. The quantitative estimate of drug-likeness (QED) is 0.821. The number of hydrogen-bond acceptors (Lipinski definition) is 2. The molecule has 5 heteroatoms. The predicted octanol–water partition coefficient (Wildman–Crippen LogP) is 2.20. The van der Waals surface area contributed by atoms with Crippen molar-refractivity contribution in [1.29, 1.82) is 0 Å². The van der Waals surface area contributed by atoms with Crippen LogP contribution in [0.4, 0.5) is 10.3 Å². The smallest absolute Gasteiger partial charge is 0.204 e. The van der Waals surface area contributed by atoms with Gasteiger partial charge in [0.05, 0.1) is 5.69 Å². The molecule has 0 atom stereocenters. The highest BCUT2D eigenvalue weighted by atomic mass is 127. The zero-order valence-electron chi connectivity index (χ0n) is 7.11. The van der Waals surface area contributed by atoms with Crippen LogP contribution in [-0.2, 0) is 0 Å². The molecule has 14 heavy (non-hydrogen) atoms. The minimum Gasteiger partial charge on any atom is -0.369 e. The number of anilines is 1. The third kappa shape index (κ3) is 1.59. The molecule has 3 nitrogen and oxygen atoms in total. The molecule has 0 fully saturated rings. The Hall–Kier alpha value is -1.11. The summed E-state index contributed by atoms with van der Waals surface area (Å²) in [7, 11) is 0. The van der Waals surface area contributed by atoms with Gasteiger partial charge in [-0.2, -0.15) is 0 Å². The highest BCUT2D eigenvalue weighted by molar-refractivity contribution is 14.1. The van der Waals surface area contributed by atoms with Gasteiger partial charge in [-0.05, 0) is 40.8 Å². The molecule has 0 spiro atoms. The molecule has 2 aromatic rings.